The van der Waals surface area contributed by atoms with E-state index in [9.17, 15) is 0 Å². The molecular formula is C15H17N3O2. The lowest BCUT2D eigenvalue weighted by molar-refractivity contribution is 0.408. The van der Waals surface area contributed by atoms with Crippen molar-refractivity contribution < 1.29 is 9.15 Å². The number of methoxy groups -OCH3 is 1. The molecule has 20 heavy (non-hydrogen) atoms. The van der Waals surface area contributed by atoms with Crippen LogP contribution in [0, 0.1) is 13.8 Å². The molecule has 0 unspecified atom stereocenters. The van der Waals surface area contributed by atoms with Crippen molar-refractivity contribution in [3.8, 4) is 5.75 Å². The highest BCUT2D eigenvalue weighted by atomic mass is 16.5. The average molecular weight is 271 g/mol. The topological polar surface area (TPSA) is 63.1 Å². The first-order valence-electron chi connectivity index (χ1n) is 6.50. The third kappa shape index (κ3) is 2.11. The zero-order valence-electron chi connectivity index (χ0n) is 11.8. The maximum absolute atomic E-state index is 5.85. The standard InChI is InChI=1S/C15H17N3O2/c1-9-14(10(2)18-17-9)16-8-12-7-11-5-4-6-13(19-3)15(11)20-12/h4-7,16H,8H2,1-3H3,(H,17,18). The molecule has 0 saturated carbocycles. The first kappa shape index (κ1) is 12.6. The summed E-state index contributed by atoms with van der Waals surface area (Å²) in [6, 6.07) is 7.89. The number of para-hydroxylation sites is 1. The molecule has 2 N–H and O–H groups in total. The van der Waals surface area contributed by atoms with Gasteiger partial charge in [0.1, 0.15) is 5.76 Å². The Kier molecular flexibility index (Phi) is 3.10. The molecule has 0 bridgehead atoms. The quantitative estimate of drug-likeness (QED) is 0.763. The van der Waals surface area contributed by atoms with E-state index in [0.717, 1.165) is 39.6 Å². The minimum Gasteiger partial charge on any atom is -0.493 e. The summed E-state index contributed by atoms with van der Waals surface area (Å²) in [5, 5.41) is 11.5. The molecule has 0 saturated heterocycles. The smallest absolute Gasteiger partial charge is 0.176 e. The summed E-state index contributed by atoms with van der Waals surface area (Å²) in [5.41, 5.74) is 3.79. The predicted octanol–water partition coefficient (Wildman–Crippen LogP) is 3.39. The number of hydrogen-bond donors (Lipinski definition) is 2. The molecule has 3 aromatic rings. The van der Waals surface area contributed by atoms with Gasteiger partial charge >= 0.3 is 0 Å². The number of aromatic amines is 1. The summed E-state index contributed by atoms with van der Waals surface area (Å²) in [4.78, 5) is 0. The Morgan fingerprint density at radius 3 is 2.90 bits per heavy atom. The number of anilines is 1. The van der Waals surface area contributed by atoms with E-state index in [0.29, 0.717) is 6.54 Å². The summed E-state index contributed by atoms with van der Waals surface area (Å²) < 4.78 is 11.2. The Morgan fingerprint density at radius 2 is 2.20 bits per heavy atom. The number of ether oxygens (including phenoxy) is 1. The van der Waals surface area contributed by atoms with Gasteiger partial charge in [-0.05, 0) is 26.0 Å². The Balaban J connectivity index is 1.85. The minimum atomic E-state index is 0.610. The zero-order chi connectivity index (χ0) is 14.1. The second-order valence-corrected chi connectivity index (χ2v) is 4.75. The molecule has 2 aromatic heterocycles. The monoisotopic (exact) mass is 271 g/mol. The number of furan rings is 1. The van der Waals surface area contributed by atoms with Gasteiger partial charge in [-0.25, -0.2) is 0 Å². The predicted molar refractivity (Wildman–Crippen MR) is 78.2 cm³/mol. The molecule has 0 spiro atoms. The number of fused-ring (bicyclic) bond motifs is 1. The van der Waals surface area contributed by atoms with Crippen LogP contribution in [0.5, 0.6) is 5.75 Å². The van der Waals surface area contributed by atoms with Crippen molar-refractivity contribution in [3.05, 3.63) is 41.4 Å². The highest BCUT2D eigenvalue weighted by molar-refractivity contribution is 5.83. The lowest BCUT2D eigenvalue weighted by Crippen LogP contribution is -1.99. The first-order valence-corrected chi connectivity index (χ1v) is 6.50. The third-order valence-electron chi connectivity index (χ3n) is 3.35. The number of aromatic nitrogens is 2. The van der Waals surface area contributed by atoms with Crippen LogP contribution in [-0.2, 0) is 6.54 Å². The number of aryl methyl sites for hydroxylation is 2. The summed E-state index contributed by atoms with van der Waals surface area (Å²) >= 11 is 0. The van der Waals surface area contributed by atoms with E-state index >= 15 is 0 Å². The van der Waals surface area contributed by atoms with Gasteiger partial charge in [-0.1, -0.05) is 12.1 Å². The van der Waals surface area contributed by atoms with Crippen molar-refractivity contribution in [2.24, 2.45) is 0 Å². The van der Waals surface area contributed by atoms with Gasteiger partial charge in [0.2, 0.25) is 0 Å². The number of hydrogen-bond acceptors (Lipinski definition) is 4. The second kappa shape index (κ2) is 4.92. The molecule has 104 valence electrons. The number of rotatable bonds is 4. The van der Waals surface area contributed by atoms with E-state index in [2.05, 4.69) is 15.5 Å². The molecule has 0 radical (unpaired) electrons. The molecule has 5 heteroatoms. The minimum absolute atomic E-state index is 0.610. The van der Waals surface area contributed by atoms with Crippen LogP contribution in [0.15, 0.2) is 28.7 Å². The molecule has 0 atom stereocenters. The number of nitrogens with zero attached hydrogens (tertiary/aromatic N) is 1. The molecule has 0 aliphatic carbocycles. The van der Waals surface area contributed by atoms with Crippen LogP contribution in [0.2, 0.25) is 0 Å². The Bertz CT molecular complexity index is 723. The number of H-pyrrole nitrogens is 1. The normalized spacial score (nSPS) is 10.9. The van der Waals surface area contributed by atoms with Gasteiger partial charge in [-0.2, -0.15) is 5.10 Å². The van der Waals surface area contributed by atoms with E-state index < -0.39 is 0 Å². The van der Waals surface area contributed by atoms with E-state index in [4.69, 9.17) is 9.15 Å². The van der Waals surface area contributed by atoms with Crippen LogP contribution in [0.4, 0.5) is 5.69 Å². The van der Waals surface area contributed by atoms with Crippen LogP contribution < -0.4 is 10.1 Å². The Morgan fingerprint density at radius 1 is 1.35 bits per heavy atom. The maximum Gasteiger partial charge on any atom is 0.176 e. The van der Waals surface area contributed by atoms with Crippen LogP contribution >= 0.6 is 0 Å². The van der Waals surface area contributed by atoms with E-state index in [1.165, 1.54) is 0 Å². The molecule has 3 rings (SSSR count). The van der Waals surface area contributed by atoms with Crippen LogP contribution in [0.1, 0.15) is 17.1 Å². The summed E-state index contributed by atoms with van der Waals surface area (Å²) in [6.07, 6.45) is 0. The van der Waals surface area contributed by atoms with Gasteiger partial charge in [0.05, 0.1) is 30.7 Å². The van der Waals surface area contributed by atoms with E-state index in [-0.39, 0.29) is 0 Å². The first-order chi connectivity index (χ1) is 9.69. The largest absolute Gasteiger partial charge is 0.493 e. The molecule has 5 nitrogen and oxygen atoms in total. The number of nitrogens with one attached hydrogen (secondary N) is 2. The highest BCUT2D eigenvalue weighted by Crippen LogP contribution is 2.29. The summed E-state index contributed by atoms with van der Waals surface area (Å²) in [7, 11) is 1.65. The summed E-state index contributed by atoms with van der Waals surface area (Å²) in [6.45, 7) is 4.57. The lowest BCUT2D eigenvalue weighted by atomic mass is 10.2. The number of benzene rings is 1. The van der Waals surface area contributed by atoms with Crippen molar-refractivity contribution >= 4 is 16.7 Å². The van der Waals surface area contributed by atoms with Crippen molar-refractivity contribution in [1.29, 1.82) is 0 Å². The Hall–Kier alpha value is -2.43. The van der Waals surface area contributed by atoms with E-state index in [1.807, 2.05) is 38.1 Å². The highest BCUT2D eigenvalue weighted by Gasteiger charge is 2.10. The van der Waals surface area contributed by atoms with Gasteiger partial charge in [0.25, 0.3) is 0 Å². The van der Waals surface area contributed by atoms with Gasteiger partial charge in [-0.15, -0.1) is 0 Å². The van der Waals surface area contributed by atoms with Gasteiger partial charge in [-0.3, -0.25) is 5.10 Å². The van der Waals surface area contributed by atoms with Crippen LogP contribution in [-0.4, -0.2) is 17.3 Å². The average Bonchev–Trinajstić information content (AvgIpc) is 3.00. The SMILES string of the molecule is COc1cccc2cc(CNc3c(C)n[nH]c3C)oc12. The summed E-state index contributed by atoms with van der Waals surface area (Å²) in [5.74, 6) is 1.62. The molecular weight excluding hydrogens is 254 g/mol. The molecule has 0 aliphatic rings. The van der Waals surface area contributed by atoms with Crippen LogP contribution in [0.25, 0.3) is 11.0 Å². The van der Waals surface area contributed by atoms with Crippen molar-refractivity contribution in [2.45, 2.75) is 20.4 Å². The fraction of sp³-hybridized carbons (Fsp3) is 0.267. The zero-order valence-corrected chi connectivity index (χ0v) is 11.8. The maximum atomic E-state index is 5.85. The van der Waals surface area contributed by atoms with Gasteiger partial charge in [0, 0.05) is 5.39 Å². The molecule has 0 amide bonds. The molecule has 0 aliphatic heterocycles. The van der Waals surface area contributed by atoms with E-state index in [1.54, 1.807) is 7.11 Å². The molecule has 0 fully saturated rings. The van der Waals surface area contributed by atoms with Crippen molar-refractivity contribution in [3.63, 3.8) is 0 Å². The Labute approximate surface area is 116 Å². The van der Waals surface area contributed by atoms with Gasteiger partial charge in [0.15, 0.2) is 11.3 Å². The third-order valence-corrected chi connectivity index (χ3v) is 3.35. The fourth-order valence-corrected chi connectivity index (χ4v) is 2.32. The van der Waals surface area contributed by atoms with Crippen molar-refractivity contribution in [1.82, 2.24) is 10.2 Å². The van der Waals surface area contributed by atoms with Crippen LogP contribution in [0.3, 0.4) is 0 Å². The van der Waals surface area contributed by atoms with Crippen molar-refractivity contribution in [2.75, 3.05) is 12.4 Å². The second-order valence-electron chi connectivity index (χ2n) is 4.75. The fourth-order valence-electron chi connectivity index (χ4n) is 2.32. The molecule has 2 heterocycles. The molecule has 1 aromatic carbocycles. The lowest BCUT2D eigenvalue weighted by Gasteiger charge is -2.03. The van der Waals surface area contributed by atoms with Gasteiger partial charge < -0.3 is 14.5 Å².